The van der Waals surface area contributed by atoms with Crippen LogP contribution in [0.25, 0.3) is 0 Å². The number of rotatable bonds is 3. The predicted molar refractivity (Wildman–Crippen MR) is 79.9 cm³/mol. The number of hydrogen-bond donors (Lipinski definition) is 1. The number of Topliss-reactive ketones (excluding diaryl/α,β-unsaturated/α-hetero) is 1. The molecular formula is C17H21NO4. The molecule has 0 unspecified atom stereocenters. The molecule has 118 valence electrons. The molecule has 1 aliphatic heterocycles. The summed E-state index contributed by atoms with van der Waals surface area (Å²) in [6, 6.07) is 9.94. The van der Waals surface area contributed by atoms with Crippen molar-refractivity contribution < 1.29 is 19.4 Å². The monoisotopic (exact) mass is 303 g/mol. The SMILES string of the molecule is COC(=O)[C@@]12CC[C@@H](O)[C@@H](CN(Cc3ccccc3)C1)C2=O. The van der Waals surface area contributed by atoms with Crippen molar-refractivity contribution in [1.82, 2.24) is 4.90 Å². The second-order valence-corrected chi connectivity index (χ2v) is 6.31. The van der Waals surface area contributed by atoms with E-state index >= 15 is 0 Å². The minimum atomic E-state index is -1.11. The first-order valence-electron chi connectivity index (χ1n) is 7.64. The number of likely N-dealkylation sites (tertiary alicyclic amines) is 1. The molecule has 3 rings (SSSR count). The number of ketones is 1. The molecule has 2 bridgehead atoms. The number of piperidine rings is 1. The summed E-state index contributed by atoms with van der Waals surface area (Å²) in [5, 5.41) is 10.1. The van der Waals surface area contributed by atoms with Crippen LogP contribution in [-0.4, -0.2) is 48.1 Å². The Kier molecular flexibility index (Phi) is 4.02. The highest BCUT2D eigenvalue weighted by atomic mass is 16.5. The first-order valence-corrected chi connectivity index (χ1v) is 7.64. The van der Waals surface area contributed by atoms with Crippen LogP contribution in [0.4, 0.5) is 0 Å². The summed E-state index contributed by atoms with van der Waals surface area (Å²) in [4.78, 5) is 27.0. The zero-order valence-corrected chi connectivity index (χ0v) is 12.7. The van der Waals surface area contributed by atoms with Crippen LogP contribution in [0.15, 0.2) is 30.3 Å². The smallest absolute Gasteiger partial charge is 0.320 e. The lowest BCUT2D eigenvalue weighted by Crippen LogP contribution is -2.63. The van der Waals surface area contributed by atoms with Crippen LogP contribution in [0.5, 0.6) is 0 Å². The highest BCUT2D eigenvalue weighted by Gasteiger charge is 2.57. The molecule has 3 atom stereocenters. The average Bonchev–Trinajstić information content (AvgIpc) is 2.53. The number of fused-ring (bicyclic) bond motifs is 2. The third-order valence-electron chi connectivity index (χ3n) is 4.91. The lowest BCUT2D eigenvalue weighted by Gasteiger charge is -2.48. The fourth-order valence-electron chi connectivity index (χ4n) is 3.76. The first-order chi connectivity index (χ1) is 10.6. The van der Waals surface area contributed by atoms with Crippen molar-refractivity contribution in [2.75, 3.05) is 20.2 Å². The van der Waals surface area contributed by atoms with Gasteiger partial charge in [-0.05, 0) is 18.4 Å². The van der Waals surface area contributed by atoms with Crippen molar-refractivity contribution in [2.24, 2.45) is 11.3 Å². The van der Waals surface area contributed by atoms with Gasteiger partial charge in [-0.3, -0.25) is 14.5 Å². The molecule has 0 radical (unpaired) electrons. The van der Waals surface area contributed by atoms with Crippen LogP contribution < -0.4 is 0 Å². The molecule has 0 spiro atoms. The van der Waals surface area contributed by atoms with Gasteiger partial charge < -0.3 is 9.84 Å². The van der Waals surface area contributed by atoms with Gasteiger partial charge in [-0.15, -0.1) is 0 Å². The van der Waals surface area contributed by atoms with Crippen molar-refractivity contribution in [3.05, 3.63) is 35.9 Å². The number of hydrogen-bond acceptors (Lipinski definition) is 5. The zero-order chi connectivity index (χ0) is 15.7. The third-order valence-corrected chi connectivity index (χ3v) is 4.91. The summed E-state index contributed by atoms with van der Waals surface area (Å²) in [5.74, 6) is -1.11. The Bertz CT molecular complexity index is 573. The molecule has 22 heavy (non-hydrogen) atoms. The Morgan fingerprint density at radius 2 is 2.14 bits per heavy atom. The van der Waals surface area contributed by atoms with E-state index < -0.39 is 23.4 Å². The van der Waals surface area contributed by atoms with Crippen molar-refractivity contribution in [1.29, 1.82) is 0 Å². The van der Waals surface area contributed by atoms with Crippen LogP contribution in [0.2, 0.25) is 0 Å². The van der Waals surface area contributed by atoms with Gasteiger partial charge in [0.2, 0.25) is 0 Å². The molecule has 1 saturated carbocycles. The highest BCUT2D eigenvalue weighted by Crippen LogP contribution is 2.42. The number of esters is 1. The van der Waals surface area contributed by atoms with Gasteiger partial charge in [0.05, 0.1) is 19.1 Å². The van der Waals surface area contributed by atoms with Crippen LogP contribution >= 0.6 is 0 Å². The molecule has 1 aromatic rings. The minimum Gasteiger partial charge on any atom is -0.468 e. The summed E-state index contributed by atoms with van der Waals surface area (Å²) in [6.45, 7) is 1.53. The van der Waals surface area contributed by atoms with Gasteiger partial charge in [-0.1, -0.05) is 30.3 Å². The predicted octanol–water partition coefficient (Wildman–Crippen LogP) is 1.00. The Hall–Kier alpha value is -1.72. The number of nitrogens with zero attached hydrogens (tertiary/aromatic N) is 1. The number of carbonyl (C=O) groups excluding carboxylic acids is 2. The fourth-order valence-corrected chi connectivity index (χ4v) is 3.76. The number of aliphatic hydroxyl groups is 1. The standard InChI is InChI=1S/C17H21NO4/c1-22-16(21)17-8-7-14(19)13(15(17)20)10-18(11-17)9-12-5-3-2-4-6-12/h2-6,13-14,19H,7-11H2,1H3/t13-,14-,17+/m1/s1. The van der Waals surface area contributed by atoms with Crippen LogP contribution in [0.3, 0.4) is 0 Å². The van der Waals surface area contributed by atoms with Crippen molar-refractivity contribution in [2.45, 2.75) is 25.5 Å². The molecule has 1 saturated heterocycles. The van der Waals surface area contributed by atoms with E-state index in [9.17, 15) is 14.7 Å². The summed E-state index contributed by atoms with van der Waals surface area (Å²) in [5.41, 5.74) is 0.0236. The molecule has 5 nitrogen and oxygen atoms in total. The molecule has 0 aromatic heterocycles. The molecule has 1 aromatic carbocycles. The second-order valence-electron chi connectivity index (χ2n) is 6.31. The Balaban J connectivity index is 1.86. The maximum Gasteiger partial charge on any atom is 0.320 e. The van der Waals surface area contributed by atoms with Crippen molar-refractivity contribution in [3.63, 3.8) is 0 Å². The van der Waals surface area contributed by atoms with E-state index in [1.54, 1.807) is 0 Å². The summed E-state index contributed by atoms with van der Waals surface area (Å²) < 4.78 is 4.90. The maximum absolute atomic E-state index is 12.7. The molecule has 2 aliphatic rings. The van der Waals surface area contributed by atoms with Gasteiger partial charge in [-0.2, -0.15) is 0 Å². The Morgan fingerprint density at radius 3 is 2.82 bits per heavy atom. The third kappa shape index (κ3) is 2.44. The normalized spacial score (nSPS) is 31.8. The quantitative estimate of drug-likeness (QED) is 0.666. The van der Waals surface area contributed by atoms with Gasteiger partial charge in [0.15, 0.2) is 5.78 Å². The van der Waals surface area contributed by atoms with Crippen molar-refractivity contribution in [3.8, 4) is 0 Å². The van der Waals surface area contributed by atoms with E-state index in [0.29, 0.717) is 32.5 Å². The van der Waals surface area contributed by atoms with Crippen LogP contribution in [-0.2, 0) is 20.9 Å². The zero-order valence-electron chi connectivity index (χ0n) is 12.7. The van der Waals surface area contributed by atoms with Gasteiger partial charge in [0.25, 0.3) is 0 Å². The topological polar surface area (TPSA) is 66.8 Å². The van der Waals surface area contributed by atoms with Gasteiger partial charge >= 0.3 is 5.97 Å². The largest absolute Gasteiger partial charge is 0.468 e. The first kappa shape index (κ1) is 15.2. The van der Waals surface area contributed by atoms with E-state index in [2.05, 4.69) is 4.90 Å². The molecule has 5 heteroatoms. The molecule has 0 amide bonds. The van der Waals surface area contributed by atoms with Gasteiger partial charge in [0, 0.05) is 19.6 Å². The number of ether oxygens (including phenoxy) is 1. The van der Waals surface area contributed by atoms with E-state index in [1.807, 2.05) is 30.3 Å². The number of benzene rings is 1. The molecule has 1 N–H and O–H groups in total. The molecule has 2 fully saturated rings. The van der Waals surface area contributed by atoms with E-state index in [1.165, 1.54) is 7.11 Å². The maximum atomic E-state index is 12.7. The molecule has 1 heterocycles. The average molecular weight is 303 g/mol. The summed E-state index contributed by atoms with van der Waals surface area (Å²) in [6.07, 6.45) is 0.176. The van der Waals surface area contributed by atoms with Crippen molar-refractivity contribution >= 4 is 11.8 Å². The highest BCUT2D eigenvalue weighted by molar-refractivity contribution is 6.06. The van der Waals surface area contributed by atoms with E-state index in [-0.39, 0.29) is 5.78 Å². The lowest BCUT2D eigenvalue weighted by atomic mass is 9.64. The van der Waals surface area contributed by atoms with Crippen LogP contribution in [0.1, 0.15) is 18.4 Å². The Labute approximate surface area is 129 Å². The Morgan fingerprint density at radius 1 is 1.41 bits per heavy atom. The second kappa shape index (κ2) is 5.82. The summed E-state index contributed by atoms with van der Waals surface area (Å²) >= 11 is 0. The lowest BCUT2D eigenvalue weighted by molar-refractivity contribution is -0.173. The number of methoxy groups -OCH3 is 1. The molecule has 1 aliphatic carbocycles. The van der Waals surface area contributed by atoms with E-state index in [4.69, 9.17) is 4.74 Å². The fraction of sp³-hybridized carbons (Fsp3) is 0.529. The van der Waals surface area contributed by atoms with Gasteiger partial charge in [-0.25, -0.2) is 0 Å². The van der Waals surface area contributed by atoms with E-state index in [0.717, 1.165) is 5.56 Å². The minimum absolute atomic E-state index is 0.151. The van der Waals surface area contributed by atoms with Gasteiger partial charge in [0.1, 0.15) is 5.41 Å². The summed E-state index contributed by atoms with van der Waals surface area (Å²) in [7, 11) is 1.32. The number of carbonyl (C=O) groups is 2. The molecular weight excluding hydrogens is 282 g/mol. The van der Waals surface area contributed by atoms with Crippen LogP contribution in [0, 0.1) is 11.3 Å². The number of aliphatic hydroxyl groups excluding tert-OH is 1.